The molecule has 33 heavy (non-hydrogen) atoms. The third kappa shape index (κ3) is 5.82. The van der Waals surface area contributed by atoms with Crippen molar-refractivity contribution in [1.82, 2.24) is 15.2 Å². The number of rotatable bonds is 6. The van der Waals surface area contributed by atoms with Gasteiger partial charge in [-0.25, -0.2) is 4.98 Å². The Hall–Kier alpha value is -3.12. The van der Waals surface area contributed by atoms with E-state index >= 15 is 0 Å². The molecule has 0 unspecified atom stereocenters. The lowest BCUT2D eigenvalue weighted by molar-refractivity contribution is 0.0724. The molecule has 2 aromatic carbocycles. The van der Waals surface area contributed by atoms with Gasteiger partial charge in [-0.15, -0.1) is 0 Å². The molecule has 2 heterocycles. The molecule has 0 spiro atoms. The number of hydrogen-bond acceptors (Lipinski definition) is 4. The average molecular weight is 460 g/mol. The van der Waals surface area contributed by atoms with Crippen LogP contribution in [0.15, 0.2) is 70.7 Å². The number of aryl methyl sites for hydroxylation is 2. The van der Waals surface area contributed by atoms with Gasteiger partial charge in [-0.2, -0.15) is 0 Å². The van der Waals surface area contributed by atoms with Crippen molar-refractivity contribution in [3.63, 3.8) is 0 Å². The van der Waals surface area contributed by atoms with Crippen LogP contribution in [0.4, 0.5) is 0 Å². The summed E-state index contributed by atoms with van der Waals surface area (Å²) in [4.78, 5) is 33.1. The van der Waals surface area contributed by atoms with Gasteiger partial charge in [0.2, 0.25) is 0 Å². The van der Waals surface area contributed by atoms with Crippen molar-refractivity contribution in [2.75, 3.05) is 13.1 Å². The second kappa shape index (κ2) is 10.7. The highest BCUT2D eigenvalue weighted by atomic mass is 32.2. The number of carbonyl (C=O) groups excluding carboxylic acids is 2. The van der Waals surface area contributed by atoms with Gasteiger partial charge in [0.1, 0.15) is 5.03 Å². The summed E-state index contributed by atoms with van der Waals surface area (Å²) >= 11 is 1.51. The third-order valence-corrected chi connectivity index (χ3v) is 7.04. The molecule has 0 bridgehead atoms. The Kier molecular flexibility index (Phi) is 7.45. The molecule has 6 heteroatoms. The Morgan fingerprint density at radius 2 is 1.76 bits per heavy atom. The summed E-state index contributed by atoms with van der Waals surface area (Å²) in [5, 5.41) is 3.68. The minimum absolute atomic E-state index is 0.0914. The number of hydrogen-bond donors (Lipinski definition) is 1. The fraction of sp³-hybridized carbons (Fsp3) is 0.296. The molecule has 1 N–H and O–H groups in total. The van der Waals surface area contributed by atoms with Crippen LogP contribution in [-0.2, 0) is 6.54 Å². The number of likely N-dealkylation sites (tertiary alicyclic amines) is 1. The minimum atomic E-state index is -0.163. The topological polar surface area (TPSA) is 62.3 Å². The van der Waals surface area contributed by atoms with Gasteiger partial charge in [-0.05, 0) is 80.1 Å². The van der Waals surface area contributed by atoms with Crippen molar-refractivity contribution >= 4 is 23.6 Å². The van der Waals surface area contributed by atoms with E-state index in [2.05, 4.69) is 42.3 Å². The van der Waals surface area contributed by atoms with Crippen molar-refractivity contribution < 1.29 is 9.59 Å². The van der Waals surface area contributed by atoms with Crippen molar-refractivity contribution in [2.24, 2.45) is 0 Å². The van der Waals surface area contributed by atoms with E-state index in [9.17, 15) is 9.59 Å². The molecule has 4 rings (SSSR count). The molecule has 1 saturated heterocycles. The molecule has 0 radical (unpaired) electrons. The minimum Gasteiger partial charge on any atom is -0.348 e. The molecule has 2 amide bonds. The Labute approximate surface area is 199 Å². The molecule has 170 valence electrons. The zero-order chi connectivity index (χ0) is 23.2. The predicted molar refractivity (Wildman–Crippen MR) is 132 cm³/mol. The van der Waals surface area contributed by atoms with E-state index < -0.39 is 0 Å². The maximum atomic E-state index is 12.9. The van der Waals surface area contributed by atoms with Gasteiger partial charge in [0.15, 0.2) is 0 Å². The summed E-state index contributed by atoms with van der Waals surface area (Å²) in [6.45, 7) is 6.18. The quantitative estimate of drug-likeness (QED) is 0.536. The van der Waals surface area contributed by atoms with E-state index in [0.717, 1.165) is 42.0 Å². The van der Waals surface area contributed by atoms with Crippen LogP contribution in [0.1, 0.15) is 56.7 Å². The van der Waals surface area contributed by atoms with Crippen LogP contribution >= 0.6 is 11.8 Å². The van der Waals surface area contributed by atoms with E-state index in [1.54, 1.807) is 18.3 Å². The third-order valence-electron chi connectivity index (χ3n) is 5.86. The smallest absolute Gasteiger partial charge is 0.254 e. The lowest BCUT2D eigenvalue weighted by Gasteiger charge is -2.26. The average Bonchev–Trinajstić information content (AvgIpc) is 2.85. The Balaban J connectivity index is 1.40. The van der Waals surface area contributed by atoms with Gasteiger partial charge in [-0.1, -0.05) is 36.0 Å². The Bertz CT molecular complexity index is 1140. The van der Waals surface area contributed by atoms with Crippen LogP contribution in [0.25, 0.3) is 0 Å². The summed E-state index contributed by atoms with van der Waals surface area (Å²) in [6, 6.07) is 17.4. The van der Waals surface area contributed by atoms with E-state index in [0.29, 0.717) is 22.7 Å². The number of carbonyl (C=O) groups is 2. The number of nitrogens with zero attached hydrogens (tertiary/aromatic N) is 2. The van der Waals surface area contributed by atoms with Gasteiger partial charge in [0, 0.05) is 36.3 Å². The predicted octanol–water partition coefficient (Wildman–Crippen LogP) is 5.41. The SMILES string of the molecule is Cc1ccc(C)c(Sc2ncccc2C(=O)NCc2ccc(C(=O)N3CCCCC3)cc2)c1. The van der Waals surface area contributed by atoms with Crippen molar-refractivity contribution in [3.8, 4) is 0 Å². The van der Waals surface area contributed by atoms with Gasteiger partial charge in [-0.3, -0.25) is 9.59 Å². The van der Waals surface area contributed by atoms with E-state index in [1.165, 1.54) is 23.7 Å². The number of amides is 2. The Morgan fingerprint density at radius 3 is 2.52 bits per heavy atom. The fourth-order valence-electron chi connectivity index (χ4n) is 3.89. The molecule has 1 aliphatic heterocycles. The summed E-state index contributed by atoms with van der Waals surface area (Å²) in [5.74, 6) is -0.0712. The largest absolute Gasteiger partial charge is 0.348 e. The zero-order valence-corrected chi connectivity index (χ0v) is 20.0. The first-order chi connectivity index (χ1) is 16.0. The molecule has 1 aliphatic rings. The zero-order valence-electron chi connectivity index (χ0n) is 19.1. The monoisotopic (exact) mass is 459 g/mol. The normalized spacial score (nSPS) is 13.6. The maximum Gasteiger partial charge on any atom is 0.254 e. The standard InChI is InChI=1S/C27H29N3O2S/c1-19-8-9-20(2)24(17-19)33-26-23(7-6-14-28-26)25(31)29-18-21-10-12-22(13-11-21)27(32)30-15-4-3-5-16-30/h6-14,17H,3-5,15-16,18H2,1-2H3,(H,29,31). The summed E-state index contributed by atoms with van der Waals surface area (Å²) < 4.78 is 0. The number of aromatic nitrogens is 1. The molecule has 5 nitrogen and oxygen atoms in total. The first kappa shape index (κ1) is 23.1. The van der Waals surface area contributed by atoms with E-state index in [4.69, 9.17) is 0 Å². The summed E-state index contributed by atoms with van der Waals surface area (Å²) in [6.07, 6.45) is 5.06. The first-order valence-corrected chi connectivity index (χ1v) is 12.2. The Morgan fingerprint density at radius 1 is 1.00 bits per heavy atom. The number of piperidine rings is 1. The van der Waals surface area contributed by atoms with Crippen molar-refractivity contribution in [3.05, 3.63) is 88.6 Å². The van der Waals surface area contributed by atoms with Crippen LogP contribution in [0.3, 0.4) is 0 Å². The van der Waals surface area contributed by atoms with E-state index in [-0.39, 0.29) is 11.8 Å². The molecular formula is C27H29N3O2S. The highest BCUT2D eigenvalue weighted by Gasteiger charge is 2.18. The summed E-state index contributed by atoms with van der Waals surface area (Å²) in [7, 11) is 0. The molecule has 0 aliphatic carbocycles. The number of benzene rings is 2. The van der Waals surface area contributed by atoms with Gasteiger partial charge < -0.3 is 10.2 Å². The highest BCUT2D eigenvalue weighted by Crippen LogP contribution is 2.31. The lowest BCUT2D eigenvalue weighted by atomic mass is 10.1. The molecule has 0 atom stereocenters. The molecule has 1 aromatic heterocycles. The summed E-state index contributed by atoms with van der Waals surface area (Å²) in [5.41, 5.74) is 4.53. The molecular weight excluding hydrogens is 430 g/mol. The van der Waals surface area contributed by atoms with Crippen LogP contribution in [0.5, 0.6) is 0 Å². The maximum absolute atomic E-state index is 12.9. The van der Waals surface area contributed by atoms with Crippen LogP contribution in [0, 0.1) is 13.8 Å². The van der Waals surface area contributed by atoms with Crippen LogP contribution in [-0.4, -0.2) is 34.8 Å². The second-order valence-corrected chi connectivity index (χ2v) is 9.49. The van der Waals surface area contributed by atoms with Crippen molar-refractivity contribution in [1.29, 1.82) is 0 Å². The van der Waals surface area contributed by atoms with Crippen molar-refractivity contribution in [2.45, 2.75) is 49.6 Å². The van der Waals surface area contributed by atoms with Gasteiger partial charge >= 0.3 is 0 Å². The first-order valence-electron chi connectivity index (χ1n) is 11.4. The highest BCUT2D eigenvalue weighted by molar-refractivity contribution is 7.99. The number of pyridine rings is 1. The second-order valence-electron chi connectivity index (χ2n) is 8.46. The van der Waals surface area contributed by atoms with E-state index in [1.807, 2.05) is 29.2 Å². The molecule has 3 aromatic rings. The molecule has 0 saturated carbocycles. The van der Waals surface area contributed by atoms with Crippen LogP contribution in [0.2, 0.25) is 0 Å². The lowest BCUT2D eigenvalue weighted by Crippen LogP contribution is -2.35. The van der Waals surface area contributed by atoms with Crippen LogP contribution < -0.4 is 5.32 Å². The number of nitrogens with one attached hydrogen (secondary N) is 1. The molecule has 1 fully saturated rings. The van der Waals surface area contributed by atoms with Gasteiger partial charge in [0.25, 0.3) is 11.8 Å². The van der Waals surface area contributed by atoms with Gasteiger partial charge in [0.05, 0.1) is 5.56 Å². The fourth-order valence-corrected chi connectivity index (χ4v) is 4.96.